The third-order valence-corrected chi connectivity index (χ3v) is 2.02. The molecule has 16 heavy (non-hydrogen) atoms. The molecule has 1 N–H and O–H groups in total. The maximum absolute atomic E-state index is 11.8. The first-order chi connectivity index (χ1) is 7.69. The van der Waals surface area contributed by atoms with Gasteiger partial charge in [-0.3, -0.25) is 9.59 Å². The van der Waals surface area contributed by atoms with Gasteiger partial charge in [0.2, 0.25) is 0 Å². The lowest BCUT2D eigenvalue weighted by atomic mass is 10.3. The zero-order chi connectivity index (χ0) is 12.0. The van der Waals surface area contributed by atoms with Crippen LogP contribution in [0, 0.1) is 0 Å². The van der Waals surface area contributed by atoms with Gasteiger partial charge in [0.1, 0.15) is 12.2 Å². The Hall–Kier alpha value is -1.85. The second-order valence-corrected chi connectivity index (χ2v) is 3.09. The van der Waals surface area contributed by atoms with Crippen molar-refractivity contribution in [2.24, 2.45) is 0 Å². The Balaban J connectivity index is 2.61. The number of amides is 1. The zero-order valence-corrected chi connectivity index (χ0v) is 9.40. The monoisotopic (exact) mass is 225 g/mol. The first-order valence-corrected chi connectivity index (χ1v) is 5.12. The largest absolute Gasteiger partial charge is 0.465 e. The topological polar surface area (TPSA) is 75.3 Å². The predicted octanol–water partition coefficient (Wildman–Crippen LogP) is 0.435. The van der Waals surface area contributed by atoms with Crippen LogP contribution in [0.25, 0.3) is 0 Å². The van der Waals surface area contributed by atoms with Crippen LogP contribution in [0.5, 0.6) is 0 Å². The Labute approximate surface area is 93.6 Å². The molecule has 0 aromatic carbocycles. The van der Waals surface area contributed by atoms with E-state index in [0.29, 0.717) is 18.8 Å². The van der Waals surface area contributed by atoms with Gasteiger partial charge in [-0.05, 0) is 13.8 Å². The number of ether oxygens (including phenoxy) is 1. The Morgan fingerprint density at radius 2 is 2.25 bits per heavy atom. The minimum atomic E-state index is -0.405. The highest BCUT2D eigenvalue weighted by molar-refractivity contribution is 5.94. The molecule has 0 radical (unpaired) electrons. The number of hydrogen-bond acceptors (Lipinski definition) is 4. The number of esters is 1. The number of nitrogens with zero attached hydrogens (tertiary/aromatic N) is 2. The first-order valence-electron chi connectivity index (χ1n) is 5.12. The summed E-state index contributed by atoms with van der Waals surface area (Å²) in [6.45, 7) is 4.24. The van der Waals surface area contributed by atoms with E-state index in [2.05, 4.69) is 9.97 Å². The van der Waals surface area contributed by atoms with Crippen LogP contribution in [0.2, 0.25) is 0 Å². The fraction of sp³-hybridized carbons (Fsp3) is 0.500. The van der Waals surface area contributed by atoms with Crippen molar-refractivity contribution in [1.29, 1.82) is 0 Å². The smallest absolute Gasteiger partial charge is 0.325 e. The molecule has 0 saturated heterocycles. The van der Waals surface area contributed by atoms with Crippen molar-refractivity contribution in [2.45, 2.75) is 13.8 Å². The summed E-state index contributed by atoms with van der Waals surface area (Å²) in [6, 6.07) is 0. The van der Waals surface area contributed by atoms with Crippen LogP contribution in [0.15, 0.2) is 12.5 Å². The van der Waals surface area contributed by atoms with Crippen LogP contribution < -0.4 is 0 Å². The SMILES string of the molecule is CCOC(=O)CN(CC)C(=O)c1cnc[nH]1. The van der Waals surface area contributed by atoms with Gasteiger partial charge < -0.3 is 14.6 Å². The van der Waals surface area contributed by atoms with Crippen molar-refractivity contribution in [3.63, 3.8) is 0 Å². The highest BCUT2D eigenvalue weighted by atomic mass is 16.5. The van der Waals surface area contributed by atoms with E-state index in [4.69, 9.17) is 4.74 Å². The third-order valence-electron chi connectivity index (χ3n) is 2.02. The maximum atomic E-state index is 11.8. The van der Waals surface area contributed by atoms with E-state index in [9.17, 15) is 9.59 Å². The standard InChI is InChI=1S/C10H15N3O3/c1-3-13(6-9(14)16-4-2)10(15)8-5-11-7-12-8/h5,7H,3-4,6H2,1-2H3,(H,11,12). The fourth-order valence-corrected chi connectivity index (χ4v) is 1.23. The molecule has 88 valence electrons. The minimum Gasteiger partial charge on any atom is -0.465 e. The molecule has 0 aliphatic rings. The molecule has 0 unspecified atom stereocenters. The van der Waals surface area contributed by atoms with Crippen molar-refractivity contribution in [3.05, 3.63) is 18.2 Å². The van der Waals surface area contributed by atoms with Gasteiger partial charge in [0.05, 0.1) is 19.1 Å². The highest BCUT2D eigenvalue weighted by Gasteiger charge is 2.18. The molecular weight excluding hydrogens is 210 g/mol. The van der Waals surface area contributed by atoms with Crippen LogP contribution in [-0.2, 0) is 9.53 Å². The molecule has 0 bridgehead atoms. The average Bonchev–Trinajstić information content (AvgIpc) is 2.78. The zero-order valence-electron chi connectivity index (χ0n) is 9.40. The predicted molar refractivity (Wildman–Crippen MR) is 56.8 cm³/mol. The molecule has 0 aliphatic heterocycles. The van der Waals surface area contributed by atoms with Gasteiger partial charge in [-0.2, -0.15) is 0 Å². The molecule has 6 nitrogen and oxygen atoms in total. The Morgan fingerprint density at radius 1 is 1.50 bits per heavy atom. The lowest BCUT2D eigenvalue weighted by Crippen LogP contribution is -2.36. The first kappa shape index (κ1) is 12.2. The summed E-state index contributed by atoms with van der Waals surface area (Å²) in [4.78, 5) is 30.9. The van der Waals surface area contributed by atoms with E-state index in [1.807, 2.05) is 0 Å². The summed E-state index contributed by atoms with van der Waals surface area (Å²) in [7, 11) is 0. The number of carbonyl (C=O) groups excluding carboxylic acids is 2. The van der Waals surface area contributed by atoms with E-state index < -0.39 is 5.97 Å². The molecule has 1 aromatic heterocycles. The highest BCUT2D eigenvalue weighted by Crippen LogP contribution is 2.00. The number of aromatic amines is 1. The number of nitrogens with one attached hydrogen (secondary N) is 1. The molecule has 0 saturated carbocycles. The Morgan fingerprint density at radius 3 is 2.75 bits per heavy atom. The van der Waals surface area contributed by atoms with E-state index in [1.54, 1.807) is 13.8 Å². The Bertz CT molecular complexity index is 348. The lowest BCUT2D eigenvalue weighted by molar-refractivity contribution is -0.143. The average molecular weight is 225 g/mol. The maximum Gasteiger partial charge on any atom is 0.325 e. The summed E-state index contributed by atoms with van der Waals surface area (Å²) in [5, 5.41) is 0. The number of likely N-dealkylation sites (N-methyl/N-ethyl adjacent to an activating group) is 1. The van der Waals surface area contributed by atoms with Crippen LogP contribution in [-0.4, -0.2) is 46.4 Å². The quantitative estimate of drug-likeness (QED) is 0.737. The molecule has 0 atom stereocenters. The van der Waals surface area contributed by atoms with Crippen LogP contribution in [0.4, 0.5) is 0 Å². The molecule has 1 rings (SSSR count). The third kappa shape index (κ3) is 3.08. The van der Waals surface area contributed by atoms with Gasteiger partial charge in [-0.1, -0.05) is 0 Å². The molecule has 0 fully saturated rings. The van der Waals surface area contributed by atoms with Gasteiger partial charge in [-0.15, -0.1) is 0 Å². The molecule has 0 aliphatic carbocycles. The molecule has 6 heteroatoms. The molecule has 0 spiro atoms. The summed E-state index contributed by atoms with van der Waals surface area (Å²) in [6.07, 6.45) is 2.85. The van der Waals surface area contributed by atoms with Crippen molar-refractivity contribution in [3.8, 4) is 0 Å². The number of hydrogen-bond donors (Lipinski definition) is 1. The number of carbonyl (C=O) groups is 2. The van der Waals surface area contributed by atoms with Gasteiger partial charge >= 0.3 is 5.97 Å². The summed E-state index contributed by atoms with van der Waals surface area (Å²) in [5.41, 5.74) is 0.367. The molecule has 1 amide bonds. The van der Waals surface area contributed by atoms with Gasteiger partial charge in [0, 0.05) is 6.54 Å². The second-order valence-electron chi connectivity index (χ2n) is 3.09. The van der Waals surface area contributed by atoms with E-state index in [1.165, 1.54) is 17.4 Å². The van der Waals surface area contributed by atoms with Gasteiger partial charge in [0.15, 0.2) is 0 Å². The molecular formula is C10H15N3O3. The number of aromatic nitrogens is 2. The molecule has 1 aromatic rings. The van der Waals surface area contributed by atoms with Gasteiger partial charge in [-0.25, -0.2) is 4.98 Å². The Kier molecular flexibility index (Phi) is 4.50. The number of rotatable bonds is 5. The van der Waals surface area contributed by atoms with Crippen molar-refractivity contribution < 1.29 is 14.3 Å². The summed E-state index contributed by atoms with van der Waals surface area (Å²) >= 11 is 0. The van der Waals surface area contributed by atoms with Crippen molar-refractivity contribution >= 4 is 11.9 Å². The van der Waals surface area contributed by atoms with Crippen molar-refractivity contribution in [2.75, 3.05) is 19.7 Å². The van der Waals surface area contributed by atoms with Gasteiger partial charge in [0.25, 0.3) is 5.91 Å². The summed E-state index contributed by atoms with van der Waals surface area (Å²) in [5.74, 6) is -0.662. The molecule has 1 heterocycles. The fourth-order valence-electron chi connectivity index (χ4n) is 1.23. The second kappa shape index (κ2) is 5.89. The summed E-state index contributed by atoms with van der Waals surface area (Å²) < 4.78 is 4.78. The van der Waals surface area contributed by atoms with E-state index in [0.717, 1.165) is 0 Å². The number of imidazole rings is 1. The number of H-pyrrole nitrogens is 1. The van der Waals surface area contributed by atoms with E-state index in [-0.39, 0.29) is 12.5 Å². The van der Waals surface area contributed by atoms with Crippen LogP contribution >= 0.6 is 0 Å². The normalized spacial score (nSPS) is 9.88. The van der Waals surface area contributed by atoms with E-state index >= 15 is 0 Å². The lowest BCUT2D eigenvalue weighted by Gasteiger charge is -2.18. The van der Waals surface area contributed by atoms with Crippen LogP contribution in [0.1, 0.15) is 24.3 Å². The minimum absolute atomic E-state index is 0.0395. The van der Waals surface area contributed by atoms with Crippen LogP contribution in [0.3, 0.4) is 0 Å². The van der Waals surface area contributed by atoms with Crippen molar-refractivity contribution in [1.82, 2.24) is 14.9 Å².